The molecule has 0 spiro atoms. The molecule has 1 saturated carbocycles. The zero-order valence-corrected chi connectivity index (χ0v) is 16.0. The Morgan fingerprint density at radius 3 is 2.40 bits per heavy atom. The highest BCUT2D eigenvalue weighted by molar-refractivity contribution is 5.39. The van der Waals surface area contributed by atoms with Crippen molar-refractivity contribution in [2.24, 2.45) is 11.8 Å². The Kier molecular flexibility index (Phi) is 5.32. The van der Waals surface area contributed by atoms with E-state index < -0.39 is 29.6 Å². The van der Waals surface area contributed by atoms with E-state index in [1.54, 1.807) is 6.08 Å². The van der Waals surface area contributed by atoms with Crippen molar-refractivity contribution in [3.63, 3.8) is 0 Å². The van der Waals surface area contributed by atoms with E-state index in [1.807, 2.05) is 0 Å². The Balaban J connectivity index is 1.71. The molecule has 0 aliphatic heterocycles. The van der Waals surface area contributed by atoms with Gasteiger partial charge in [0.1, 0.15) is 11.6 Å². The summed E-state index contributed by atoms with van der Waals surface area (Å²) < 4.78 is 83.7. The average Bonchev–Trinajstić information content (AvgIpc) is 2.67. The number of hydrogen-bond acceptors (Lipinski definition) is 1. The molecule has 30 heavy (non-hydrogen) atoms. The van der Waals surface area contributed by atoms with E-state index in [0.29, 0.717) is 42.4 Å². The van der Waals surface area contributed by atoms with Crippen LogP contribution >= 0.6 is 0 Å². The lowest BCUT2D eigenvalue weighted by atomic mass is 9.58. The molecule has 0 heterocycles. The number of allylic oxidation sites excluding steroid dienone is 1. The van der Waals surface area contributed by atoms with Crippen LogP contribution in [-0.2, 0) is 6.42 Å². The molecule has 2 aliphatic carbocycles. The first-order valence-electron chi connectivity index (χ1n) is 9.83. The molecule has 0 radical (unpaired) electrons. The fourth-order valence-electron chi connectivity index (χ4n) is 5.32. The molecule has 0 aromatic heterocycles. The molecule has 7 heteroatoms. The summed E-state index contributed by atoms with van der Waals surface area (Å²) in [5, 5.41) is 0. The second-order valence-corrected chi connectivity index (χ2v) is 8.00. The first-order valence-corrected chi connectivity index (χ1v) is 9.83. The molecule has 0 amide bonds. The lowest BCUT2D eigenvalue weighted by molar-refractivity contribution is -0.275. The summed E-state index contributed by atoms with van der Waals surface area (Å²) in [7, 11) is 0. The molecule has 0 N–H and O–H groups in total. The monoisotopic (exact) mass is 426 g/mol. The second kappa shape index (κ2) is 7.67. The quantitative estimate of drug-likeness (QED) is 0.378. The predicted octanol–water partition coefficient (Wildman–Crippen LogP) is 7.03. The smallest absolute Gasteiger partial charge is 0.403 e. The minimum atomic E-state index is -4.98. The zero-order valence-electron chi connectivity index (χ0n) is 16.0. The van der Waals surface area contributed by atoms with Gasteiger partial charge in [-0.3, -0.25) is 0 Å². The van der Waals surface area contributed by atoms with Crippen molar-refractivity contribution >= 4 is 0 Å². The van der Waals surface area contributed by atoms with Crippen LogP contribution in [0.4, 0.5) is 26.3 Å². The summed E-state index contributed by atoms with van der Waals surface area (Å²) in [6, 6.07) is 5.77. The van der Waals surface area contributed by atoms with E-state index in [9.17, 15) is 26.3 Å². The first-order chi connectivity index (χ1) is 14.2. The van der Waals surface area contributed by atoms with Crippen molar-refractivity contribution in [2.75, 3.05) is 0 Å². The number of alkyl halides is 3. The lowest BCUT2D eigenvalue weighted by Crippen LogP contribution is -2.35. The number of fused-ring (bicyclic) bond motifs is 3. The first kappa shape index (κ1) is 20.8. The van der Waals surface area contributed by atoms with Gasteiger partial charge in [0.2, 0.25) is 0 Å². The van der Waals surface area contributed by atoms with Crippen LogP contribution in [-0.4, -0.2) is 6.36 Å². The van der Waals surface area contributed by atoms with Gasteiger partial charge in [0.25, 0.3) is 0 Å². The van der Waals surface area contributed by atoms with Crippen molar-refractivity contribution < 1.29 is 31.1 Å². The number of halogens is 6. The van der Waals surface area contributed by atoms with Gasteiger partial charge < -0.3 is 4.74 Å². The average molecular weight is 426 g/mol. The van der Waals surface area contributed by atoms with Gasteiger partial charge in [-0.25, -0.2) is 13.2 Å². The summed E-state index contributed by atoms with van der Waals surface area (Å²) in [6.45, 7) is 3.87. The maximum Gasteiger partial charge on any atom is 0.573 e. The third kappa shape index (κ3) is 3.82. The Bertz CT molecular complexity index is 967. The van der Waals surface area contributed by atoms with E-state index in [1.165, 1.54) is 12.1 Å². The van der Waals surface area contributed by atoms with Crippen molar-refractivity contribution in [3.05, 3.63) is 77.1 Å². The van der Waals surface area contributed by atoms with Crippen LogP contribution in [0.3, 0.4) is 0 Å². The van der Waals surface area contributed by atoms with Crippen LogP contribution < -0.4 is 4.74 Å². The van der Waals surface area contributed by atoms with Crippen LogP contribution in [0.5, 0.6) is 5.75 Å². The molecule has 2 aromatic carbocycles. The van der Waals surface area contributed by atoms with Gasteiger partial charge in [0.05, 0.1) is 0 Å². The molecule has 0 unspecified atom stereocenters. The summed E-state index contributed by atoms with van der Waals surface area (Å²) in [5.41, 5.74) is 1.71. The van der Waals surface area contributed by atoms with Crippen LogP contribution in [0.2, 0.25) is 0 Å². The minimum absolute atomic E-state index is 0.0139. The Hall–Kier alpha value is -2.44. The number of ether oxygens (including phenoxy) is 1. The van der Waals surface area contributed by atoms with Gasteiger partial charge in [-0.1, -0.05) is 12.1 Å². The van der Waals surface area contributed by atoms with Crippen molar-refractivity contribution in [1.29, 1.82) is 0 Å². The predicted molar refractivity (Wildman–Crippen MR) is 99.7 cm³/mol. The largest absolute Gasteiger partial charge is 0.573 e. The molecule has 4 rings (SSSR count). The Morgan fingerprint density at radius 1 is 0.967 bits per heavy atom. The minimum Gasteiger partial charge on any atom is -0.403 e. The molecule has 2 aliphatic rings. The molecular formula is C23H20F6O. The van der Waals surface area contributed by atoms with E-state index in [4.69, 9.17) is 0 Å². The molecule has 160 valence electrons. The van der Waals surface area contributed by atoms with Crippen LogP contribution in [0, 0.1) is 29.3 Å². The summed E-state index contributed by atoms with van der Waals surface area (Å²) in [5.74, 6) is -3.51. The molecular weight excluding hydrogens is 406 g/mol. The third-order valence-corrected chi connectivity index (χ3v) is 6.44. The van der Waals surface area contributed by atoms with Gasteiger partial charge in [-0.15, -0.1) is 19.8 Å². The topological polar surface area (TPSA) is 9.23 Å². The summed E-state index contributed by atoms with van der Waals surface area (Å²) in [4.78, 5) is 0. The maximum absolute atomic E-state index is 14.4. The highest BCUT2D eigenvalue weighted by atomic mass is 19.4. The van der Waals surface area contributed by atoms with E-state index in [0.717, 1.165) is 18.2 Å². The maximum atomic E-state index is 14.4. The number of rotatable bonds is 3. The number of hydrogen-bond donors (Lipinski definition) is 0. The molecule has 0 bridgehead atoms. The lowest BCUT2D eigenvalue weighted by Gasteiger charge is -2.46. The SMILES string of the molecule is C=C[C@@H]1CC[C@H]2c3cc(F)cc(F)c3CC[C@@H]2[C@H]1c1ccc(OC(F)(F)F)c(F)c1. The molecule has 4 atom stereocenters. The number of benzene rings is 2. The van der Waals surface area contributed by atoms with Crippen molar-refractivity contribution in [2.45, 2.75) is 43.9 Å². The van der Waals surface area contributed by atoms with E-state index in [2.05, 4.69) is 11.3 Å². The van der Waals surface area contributed by atoms with Gasteiger partial charge in [0, 0.05) is 6.07 Å². The fourth-order valence-corrected chi connectivity index (χ4v) is 5.32. The summed E-state index contributed by atoms with van der Waals surface area (Å²) >= 11 is 0. The highest BCUT2D eigenvalue weighted by Crippen LogP contribution is 2.54. The van der Waals surface area contributed by atoms with Crippen LogP contribution in [0.15, 0.2) is 43.0 Å². The molecule has 2 aromatic rings. The van der Waals surface area contributed by atoms with Gasteiger partial charge in [-0.2, -0.15) is 0 Å². The van der Waals surface area contributed by atoms with Gasteiger partial charge >= 0.3 is 6.36 Å². The van der Waals surface area contributed by atoms with Crippen molar-refractivity contribution in [3.8, 4) is 5.75 Å². The van der Waals surface area contributed by atoms with Crippen LogP contribution in [0.1, 0.15) is 47.8 Å². The van der Waals surface area contributed by atoms with Gasteiger partial charge in [0.15, 0.2) is 11.6 Å². The van der Waals surface area contributed by atoms with Crippen LogP contribution in [0.25, 0.3) is 0 Å². The van der Waals surface area contributed by atoms with E-state index in [-0.39, 0.29) is 23.7 Å². The van der Waals surface area contributed by atoms with E-state index >= 15 is 0 Å². The third-order valence-electron chi connectivity index (χ3n) is 6.44. The Morgan fingerprint density at radius 2 is 1.73 bits per heavy atom. The highest BCUT2D eigenvalue weighted by Gasteiger charge is 2.43. The van der Waals surface area contributed by atoms with Crippen molar-refractivity contribution in [1.82, 2.24) is 0 Å². The standard InChI is InChI=1S/C23H20F6O/c1-2-12-3-5-15-17(7-6-16-18(15)10-14(24)11-19(16)25)22(12)13-4-8-21(20(26)9-13)30-23(27,28)29/h2,4,8-12,15,17,22H,1,3,5-7H2/t12-,15-,17+,22-/m1/s1. The zero-order chi connectivity index (χ0) is 21.6. The second-order valence-electron chi connectivity index (χ2n) is 8.00. The fraction of sp³-hybridized carbons (Fsp3) is 0.391. The normalized spacial score (nSPS) is 25.9. The Labute approximate surface area is 170 Å². The molecule has 1 fully saturated rings. The molecule has 1 nitrogen and oxygen atoms in total. The molecule has 0 saturated heterocycles. The van der Waals surface area contributed by atoms with Gasteiger partial charge in [-0.05, 0) is 84.2 Å². The summed E-state index contributed by atoms with van der Waals surface area (Å²) in [6.07, 6.45) is -0.747.